The van der Waals surface area contributed by atoms with Crippen molar-refractivity contribution in [1.82, 2.24) is 20.3 Å². The van der Waals surface area contributed by atoms with Crippen LogP contribution < -0.4 is 10.6 Å². The first kappa shape index (κ1) is 17.5. The van der Waals surface area contributed by atoms with Crippen LogP contribution in [0.2, 0.25) is 0 Å². The molecule has 6 heteroatoms. The molecule has 1 aromatic carbocycles. The van der Waals surface area contributed by atoms with Crippen molar-refractivity contribution in [2.75, 3.05) is 11.9 Å². The Morgan fingerprint density at radius 1 is 1.04 bits per heavy atom. The summed E-state index contributed by atoms with van der Waals surface area (Å²) < 4.78 is 0. The molecule has 0 aliphatic heterocycles. The highest BCUT2D eigenvalue weighted by atomic mass is 16.1. The van der Waals surface area contributed by atoms with Gasteiger partial charge in [-0.2, -0.15) is 0 Å². The summed E-state index contributed by atoms with van der Waals surface area (Å²) in [6.45, 7) is 3.14. The first-order valence-corrected chi connectivity index (χ1v) is 8.62. The molecule has 2 heterocycles. The van der Waals surface area contributed by atoms with E-state index in [2.05, 4.69) is 25.6 Å². The molecule has 2 aromatic heterocycles. The van der Waals surface area contributed by atoms with Gasteiger partial charge >= 0.3 is 0 Å². The average Bonchev–Trinajstić information content (AvgIpc) is 2.71. The number of carbonyl (C=O) groups excluding carboxylic acids is 1. The lowest BCUT2D eigenvalue weighted by Gasteiger charge is -2.10. The summed E-state index contributed by atoms with van der Waals surface area (Å²) in [5, 5.41) is 6.09. The molecule has 0 fully saturated rings. The Kier molecular flexibility index (Phi) is 5.88. The first-order valence-electron chi connectivity index (χ1n) is 8.62. The number of pyridine rings is 1. The standard InChI is InChI=1S/C20H21N5O/c1-2-11-22-20(26)17-13-18(23-14-16-10-6-7-12-21-16)25-19(24-17)15-8-4-3-5-9-15/h3-10,12-13H,2,11,14H2,1H3,(H,22,26)(H,23,24,25). The quantitative estimate of drug-likeness (QED) is 0.685. The van der Waals surface area contributed by atoms with E-state index in [1.807, 2.05) is 55.5 Å². The summed E-state index contributed by atoms with van der Waals surface area (Å²) >= 11 is 0. The predicted octanol–water partition coefficient (Wildman–Crippen LogP) is 3.29. The lowest BCUT2D eigenvalue weighted by atomic mass is 10.2. The minimum Gasteiger partial charge on any atom is -0.364 e. The number of amides is 1. The molecule has 0 aliphatic carbocycles. The van der Waals surface area contributed by atoms with Crippen molar-refractivity contribution in [3.8, 4) is 11.4 Å². The number of carbonyl (C=O) groups is 1. The Balaban J connectivity index is 1.88. The fraction of sp³-hybridized carbons (Fsp3) is 0.200. The van der Waals surface area contributed by atoms with Crippen LogP contribution in [0.3, 0.4) is 0 Å². The highest BCUT2D eigenvalue weighted by Crippen LogP contribution is 2.18. The zero-order chi connectivity index (χ0) is 18.2. The monoisotopic (exact) mass is 347 g/mol. The van der Waals surface area contributed by atoms with Gasteiger partial charge in [-0.25, -0.2) is 9.97 Å². The second kappa shape index (κ2) is 8.71. The van der Waals surface area contributed by atoms with Crippen molar-refractivity contribution < 1.29 is 4.79 Å². The molecular formula is C20H21N5O. The number of hydrogen-bond acceptors (Lipinski definition) is 5. The third-order valence-electron chi connectivity index (χ3n) is 3.70. The summed E-state index contributed by atoms with van der Waals surface area (Å²) in [6, 6.07) is 17.0. The molecule has 0 spiro atoms. The second-order valence-corrected chi connectivity index (χ2v) is 5.76. The van der Waals surface area contributed by atoms with E-state index < -0.39 is 0 Å². The molecule has 0 saturated carbocycles. The Hall–Kier alpha value is -3.28. The first-order chi connectivity index (χ1) is 12.8. The zero-order valence-corrected chi connectivity index (χ0v) is 14.6. The zero-order valence-electron chi connectivity index (χ0n) is 14.6. The van der Waals surface area contributed by atoms with Gasteiger partial charge in [0.05, 0.1) is 12.2 Å². The number of nitrogens with one attached hydrogen (secondary N) is 2. The number of rotatable bonds is 7. The van der Waals surface area contributed by atoms with Gasteiger partial charge in [-0.05, 0) is 18.6 Å². The van der Waals surface area contributed by atoms with Gasteiger partial charge in [0.1, 0.15) is 11.5 Å². The predicted molar refractivity (Wildman–Crippen MR) is 102 cm³/mol. The molecule has 0 bridgehead atoms. The Bertz CT molecular complexity index is 853. The number of hydrogen-bond donors (Lipinski definition) is 2. The number of benzene rings is 1. The smallest absolute Gasteiger partial charge is 0.270 e. The van der Waals surface area contributed by atoms with Crippen molar-refractivity contribution in [3.05, 3.63) is 72.2 Å². The van der Waals surface area contributed by atoms with Crippen molar-refractivity contribution in [2.24, 2.45) is 0 Å². The van der Waals surface area contributed by atoms with Crippen LogP contribution in [0.25, 0.3) is 11.4 Å². The van der Waals surface area contributed by atoms with Crippen molar-refractivity contribution in [1.29, 1.82) is 0 Å². The molecule has 2 N–H and O–H groups in total. The molecule has 6 nitrogen and oxygen atoms in total. The topological polar surface area (TPSA) is 79.8 Å². The number of nitrogens with zero attached hydrogens (tertiary/aromatic N) is 3. The number of anilines is 1. The molecular weight excluding hydrogens is 326 g/mol. The van der Waals surface area contributed by atoms with Crippen LogP contribution in [-0.4, -0.2) is 27.4 Å². The third-order valence-corrected chi connectivity index (χ3v) is 3.70. The number of aromatic nitrogens is 3. The van der Waals surface area contributed by atoms with Gasteiger partial charge in [-0.1, -0.05) is 43.3 Å². The normalized spacial score (nSPS) is 10.3. The third kappa shape index (κ3) is 4.63. The van der Waals surface area contributed by atoms with E-state index in [-0.39, 0.29) is 5.91 Å². The summed E-state index contributed by atoms with van der Waals surface area (Å²) in [5.41, 5.74) is 2.10. The van der Waals surface area contributed by atoms with Gasteiger partial charge in [0.15, 0.2) is 5.82 Å². The molecule has 3 aromatic rings. The largest absolute Gasteiger partial charge is 0.364 e. The highest BCUT2D eigenvalue weighted by Gasteiger charge is 2.12. The van der Waals surface area contributed by atoms with Crippen molar-refractivity contribution in [2.45, 2.75) is 19.9 Å². The minimum atomic E-state index is -0.202. The summed E-state index contributed by atoms with van der Waals surface area (Å²) in [7, 11) is 0. The minimum absolute atomic E-state index is 0.202. The molecule has 26 heavy (non-hydrogen) atoms. The van der Waals surface area contributed by atoms with Crippen LogP contribution in [0.1, 0.15) is 29.5 Å². The van der Waals surface area contributed by atoms with E-state index in [0.717, 1.165) is 17.7 Å². The van der Waals surface area contributed by atoms with Crippen LogP contribution in [-0.2, 0) is 6.54 Å². The Labute approximate surface area is 152 Å². The maximum Gasteiger partial charge on any atom is 0.270 e. The van der Waals surface area contributed by atoms with Crippen LogP contribution in [0, 0.1) is 0 Å². The van der Waals surface area contributed by atoms with Gasteiger partial charge in [-0.15, -0.1) is 0 Å². The second-order valence-electron chi connectivity index (χ2n) is 5.76. The Morgan fingerprint density at radius 2 is 1.85 bits per heavy atom. The molecule has 1 amide bonds. The average molecular weight is 347 g/mol. The summed E-state index contributed by atoms with van der Waals surface area (Å²) in [4.78, 5) is 25.6. The summed E-state index contributed by atoms with van der Waals surface area (Å²) in [6.07, 6.45) is 2.61. The highest BCUT2D eigenvalue weighted by molar-refractivity contribution is 5.93. The lowest BCUT2D eigenvalue weighted by molar-refractivity contribution is 0.0948. The van der Waals surface area contributed by atoms with E-state index in [1.54, 1.807) is 12.3 Å². The van der Waals surface area contributed by atoms with Crippen molar-refractivity contribution >= 4 is 11.7 Å². The van der Waals surface area contributed by atoms with Gasteiger partial charge in [0.2, 0.25) is 0 Å². The maximum absolute atomic E-state index is 12.4. The van der Waals surface area contributed by atoms with Crippen LogP contribution >= 0.6 is 0 Å². The molecule has 0 saturated heterocycles. The van der Waals surface area contributed by atoms with Crippen LogP contribution in [0.15, 0.2) is 60.8 Å². The van der Waals surface area contributed by atoms with E-state index in [4.69, 9.17) is 0 Å². The van der Waals surface area contributed by atoms with Gasteiger partial charge in [0.25, 0.3) is 5.91 Å². The molecule has 3 rings (SSSR count). The maximum atomic E-state index is 12.4. The van der Waals surface area contributed by atoms with E-state index in [0.29, 0.717) is 30.4 Å². The van der Waals surface area contributed by atoms with Crippen LogP contribution in [0.5, 0.6) is 0 Å². The lowest BCUT2D eigenvalue weighted by Crippen LogP contribution is -2.25. The molecule has 0 atom stereocenters. The fourth-order valence-corrected chi connectivity index (χ4v) is 2.38. The Morgan fingerprint density at radius 3 is 2.58 bits per heavy atom. The molecule has 0 unspecified atom stereocenters. The van der Waals surface area contributed by atoms with Crippen molar-refractivity contribution in [3.63, 3.8) is 0 Å². The van der Waals surface area contributed by atoms with E-state index in [1.165, 1.54) is 0 Å². The van der Waals surface area contributed by atoms with E-state index >= 15 is 0 Å². The molecule has 0 radical (unpaired) electrons. The van der Waals surface area contributed by atoms with Crippen LogP contribution in [0.4, 0.5) is 5.82 Å². The summed E-state index contributed by atoms with van der Waals surface area (Å²) in [5.74, 6) is 0.900. The van der Waals surface area contributed by atoms with Gasteiger partial charge in [-0.3, -0.25) is 9.78 Å². The molecule has 0 aliphatic rings. The SMILES string of the molecule is CCCNC(=O)c1cc(NCc2ccccn2)nc(-c2ccccc2)n1. The van der Waals surface area contributed by atoms with Gasteiger partial charge in [0, 0.05) is 24.4 Å². The fourth-order valence-electron chi connectivity index (χ4n) is 2.38. The molecule has 132 valence electrons. The van der Waals surface area contributed by atoms with Gasteiger partial charge < -0.3 is 10.6 Å². The van der Waals surface area contributed by atoms with E-state index in [9.17, 15) is 4.79 Å².